The van der Waals surface area contributed by atoms with Crippen molar-refractivity contribution in [2.75, 3.05) is 7.05 Å². The summed E-state index contributed by atoms with van der Waals surface area (Å²) in [7, 11) is 1.52. The minimum absolute atomic E-state index is 0.303. The van der Waals surface area contributed by atoms with Crippen LogP contribution in [0.5, 0.6) is 0 Å². The van der Waals surface area contributed by atoms with E-state index < -0.39 is 12.0 Å². The Bertz CT molecular complexity index is 674. The Balaban J connectivity index is 2.37. The quantitative estimate of drug-likeness (QED) is 0.942. The molecule has 0 heterocycles. The first-order chi connectivity index (χ1) is 10.4. The predicted molar refractivity (Wildman–Crippen MR) is 84.8 cm³/mol. The molecule has 114 valence electrons. The average molecular weight is 297 g/mol. The fourth-order valence-corrected chi connectivity index (χ4v) is 2.59. The van der Waals surface area contributed by atoms with Gasteiger partial charge in [0, 0.05) is 12.6 Å². The zero-order valence-corrected chi connectivity index (χ0v) is 12.9. The summed E-state index contributed by atoms with van der Waals surface area (Å²) in [6.45, 7) is 3.82. The molecule has 0 saturated carbocycles. The molecular formula is C18H19NO3. The molecule has 0 aliphatic heterocycles. The van der Waals surface area contributed by atoms with Crippen LogP contribution in [0.3, 0.4) is 0 Å². The minimum atomic E-state index is -1.05. The molecular weight excluding hydrogens is 278 g/mol. The Kier molecular flexibility index (Phi) is 4.61. The van der Waals surface area contributed by atoms with Gasteiger partial charge in [-0.3, -0.25) is 4.79 Å². The number of benzene rings is 2. The van der Waals surface area contributed by atoms with Gasteiger partial charge in [-0.1, -0.05) is 47.5 Å². The van der Waals surface area contributed by atoms with Crippen LogP contribution < -0.4 is 0 Å². The molecule has 1 atom stereocenters. The van der Waals surface area contributed by atoms with Crippen molar-refractivity contribution in [3.05, 3.63) is 70.8 Å². The van der Waals surface area contributed by atoms with Crippen molar-refractivity contribution in [3.63, 3.8) is 0 Å². The van der Waals surface area contributed by atoms with Gasteiger partial charge in [0.25, 0.3) is 5.91 Å². The highest BCUT2D eigenvalue weighted by atomic mass is 16.4. The molecule has 0 aromatic heterocycles. The molecule has 22 heavy (non-hydrogen) atoms. The van der Waals surface area contributed by atoms with Gasteiger partial charge in [-0.25, -0.2) is 4.79 Å². The van der Waals surface area contributed by atoms with Crippen LogP contribution in [0.2, 0.25) is 0 Å². The number of amides is 1. The first-order valence-electron chi connectivity index (χ1n) is 7.03. The van der Waals surface area contributed by atoms with E-state index in [0.717, 1.165) is 11.1 Å². The third-order valence-corrected chi connectivity index (χ3v) is 3.53. The molecule has 0 spiro atoms. The molecule has 0 saturated heterocycles. The van der Waals surface area contributed by atoms with Crippen LogP contribution in [0.1, 0.15) is 33.1 Å². The molecule has 4 heteroatoms. The van der Waals surface area contributed by atoms with Crippen LogP contribution in [-0.2, 0) is 4.79 Å². The molecule has 0 fully saturated rings. The molecule has 0 radical (unpaired) electrons. The van der Waals surface area contributed by atoms with Crippen LogP contribution in [0, 0.1) is 13.8 Å². The van der Waals surface area contributed by atoms with Gasteiger partial charge in [-0.05, 0) is 31.5 Å². The number of hydrogen-bond donors (Lipinski definition) is 1. The Hall–Kier alpha value is -2.62. The van der Waals surface area contributed by atoms with E-state index in [-0.39, 0.29) is 5.91 Å². The molecule has 4 nitrogen and oxygen atoms in total. The molecule has 0 aliphatic rings. The highest BCUT2D eigenvalue weighted by molar-refractivity contribution is 5.97. The summed E-state index contributed by atoms with van der Waals surface area (Å²) in [4.78, 5) is 25.5. The summed E-state index contributed by atoms with van der Waals surface area (Å²) < 4.78 is 0. The van der Waals surface area contributed by atoms with Gasteiger partial charge in [0.2, 0.25) is 0 Å². The molecule has 1 amide bonds. The molecule has 0 unspecified atom stereocenters. The lowest BCUT2D eigenvalue weighted by atomic mass is 10.0. The number of nitrogens with zero attached hydrogens (tertiary/aromatic N) is 1. The summed E-state index contributed by atoms with van der Waals surface area (Å²) in [6.07, 6.45) is 0. The lowest BCUT2D eigenvalue weighted by Crippen LogP contribution is -2.36. The second kappa shape index (κ2) is 6.43. The second-order valence-corrected chi connectivity index (χ2v) is 5.44. The SMILES string of the molecule is Cc1cc(C)cc(C(=O)N(C)[C@H](C(=O)O)c2ccccc2)c1. The van der Waals surface area contributed by atoms with Crippen molar-refractivity contribution in [1.29, 1.82) is 0 Å². The van der Waals surface area contributed by atoms with Gasteiger partial charge < -0.3 is 10.0 Å². The normalized spacial score (nSPS) is 11.8. The summed E-state index contributed by atoms with van der Waals surface area (Å²) in [5.74, 6) is -1.35. The number of carbonyl (C=O) groups excluding carboxylic acids is 1. The Morgan fingerprint density at radius 3 is 2.05 bits per heavy atom. The Morgan fingerprint density at radius 2 is 1.55 bits per heavy atom. The summed E-state index contributed by atoms with van der Waals surface area (Å²) in [6, 6.07) is 13.3. The lowest BCUT2D eigenvalue weighted by Gasteiger charge is -2.25. The Morgan fingerprint density at radius 1 is 1.00 bits per heavy atom. The van der Waals surface area contributed by atoms with Gasteiger partial charge in [0.1, 0.15) is 0 Å². The minimum Gasteiger partial charge on any atom is -0.479 e. The highest BCUT2D eigenvalue weighted by Crippen LogP contribution is 2.22. The van der Waals surface area contributed by atoms with E-state index >= 15 is 0 Å². The monoisotopic (exact) mass is 297 g/mol. The van der Waals surface area contributed by atoms with E-state index in [1.54, 1.807) is 36.4 Å². The maximum absolute atomic E-state index is 12.6. The summed E-state index contributed by atoms with van der Waals surface area (Å²) in [5, 5.41) is 9.51. The van der Waals surface area contributed by atoms with E-state index in [9.17, 15) is 14.7 Å². The average Bonchev–Trinajstić information content (AvgIpc) is 2.46. The van der Waals surface area contributed by atoms with E-state index in [0.29, 0.717) is 11.1 Å². The first-order valence-corrected chi connectivity index (χ1v) is 7.03. The van der Waals surface area contributed by atoms with Crippen LogP contribution in [0.15, 0.2) is 48.5 Å². The fourth-order valence-electron chi connectivity index (χ4n) is 2.59. The first kappa shape index (κ1) is 15.8. The van der Waals surface area contributed by atoms with Crippen LogP contribution in [0.25, 0.3) is 0 Å². The van der Waals surface area contributed by atoms with Gasteiger partial charge >= 0.3 is 5.97 Å². The summed E-state index contributed by atoms with van der Waals surface area (Å²) in [5.41, 5.74) is 3.03. The molecule has 0 bridgehead atoms. The topological polar surface area (TPSA) is 57.6 Å². The van der Waals surface area contributed by atoms with Gasteiger partial charge in [-0.2, -0.15) is 0 Å². The molecule has 0 aliphatic carbocycles. The maximum atomic E-state index is 12.6. The Labute approximate surface area is 130 Å². The van der Waals surface area contributed by atoms with Crippen molar-refractivity contribution in [3.8, 4) is 0 Å². The van der Waals surface area contributed by atoms with Gasteiger partial charge in [0.05, 0.1) is 0 Å². The molecule has 2 aromatic carbocycles. The van der Waals surface area contributed by atoms with Crippen molar-refractivity contribution in [2.45, 2.75) is 19.9 Å². The highest BCUT2D eigenvalue weighted by Gasteiger charge is 2.28. The van der Waals surface area contributed by atoms with E-state index in [1.807, 2.05) is 26.0 Å². The van der Waals surface area contributed by atoms with E-state index in [1.165, 1.54) is 11.9 Å². The number of likely N-dealkylation sites (N-methyl/N-ethyl adjacent to an activating group) is 1. The second-order valence-electron chi connectivity index (χ2n) is 5.44. The maximum Gasteiger partial charge on any atom is 0.331 e. The number of aryl methyl sites for hydroxylation is 2. The van der Waals surface area contributed by atoms with Gasteiger partial charge in [-0.15, -0.1) is 0 Å². The third kappa shape index (κ3) is 3.34. The molecule has 2 rings (SSSR count). The number of carbonyl (C=O) groups is 2. The van der Waals surface area contributed by atoms with Crippen molar-refractivity contribution in [1.82, 2.24) is 4.90 Å². The predicted octanol–water partition coefficient (Wildman–Crippen LogP) is 3.20. The van der Waals surface area contributed by atoms with E-state index in [2.05, 4.69) is 0 Å². The lowest BCUT2D eigenvalue weighted by molar-refractivity contribution is -0.142. The van der Waals surface area contributed by atoms with Crippen molar-refractivity contribution in [2.24, 2.45) is 0 Å². The zero-order chi connectivity index (χ0) is 16.3. The van der Waals surface area contributed by atoms with Gasteiger partial charge in [0.15, 0.2) is 6.04 Å². The van der Waals surface area contributed by atoms with Crippen LogP contribution in [-0.4, -0.2) is 28.9 Å². The largest absolute Gasteiger partial charge is 0.479 e. The zero-order valence-electron chi connectivity index (χ0n) is 12.9. The number of hydrogen-bond acceptors (Lipinski definition) is 2. The van der Waals surface area contributed by atoms with E-state index in [4.69, 9.17) is 0 Å². The number of rotatable bonds is 4. The van der Waals surface area contributed by atoms with Crippen LogP contribution >= 0.6 is 0 Å². The number of carboxylic acids is 1. The summed E-state index contributed by atoms with van der Waals surface area (Å²) >= 11 is 0. The number of aliphatic carboxylic acids is 1. The standard InChI is InChI=1S/C18H19NO3/c1-12-9-13(2)11-15(10-12)17(20)19(3)16(18(21)22)14-7-5-4-6-8-14/h4-11,16H,1-3H3,(H,21,22)/t16-/m0/s1. The smallest absolute Gasteiger partial charge is 0.331 e. The van der Waals surface area contributed by atoms with Crippen molar-refractivity contribution >= 4 is 11.9 Å². The molecule has 1 N–H and O–H groups in total. The fraction of sp³-hybridized carbons (Fsp3) is 0.222. The van der Waals surface area contributed by atoms with Crippen LogP contribution in [0.4, 0.5) is 0 Å². The van der Waals surface area contributed by atoms with Crippen molar-refractivity contribution < 1.29 is 14.7 Å². The third-order valence-electron chi connectivity index (χ3n) is 3.53. The number of carboxylic acid groups (broad SMARTS) is 1. The molecule has 2 aromatic rings.